The molecule has 2 heterocycles. The molecule has 2 aromatic rings. The highest BCUT2D eigenvalue weighted by Gasteiger charge is 2.36. The summed E-state index contributed by atoms with van der Waals surface area (Å²) in [5.74, 6) is 0.656. The lowest BCUT2D eigenvalue weighted by molar-refractivity contribution is 0.187. The molecule has 1 aliphatic heterocycles. The zero-order valence-corrected chi connectivity index (χ0v) is 12.2. The van der Waals surface area contributed by atoms with Crippen LogP contribution in [0.15, 0.2) is 42.7 Å². The van der Waals surface area contributed by atoms with Crippen molar-refractivity contribution in [3.05, 3.63) is 42.7 Å². The number of hydrogen-bond acceptors (Lipinski definition) is 5. The van der Waals surface area contributed by atoms with E-state index in [9.17, 15) is 8.42 Å². The molecule has 0 unspecified atom stereocenters. The minimum Gasteiger partial charge on any atom is -0.492 e. The molecule has 1 aromatic carbocycles. The van der Waals surface area contributed by atoms with Gasteiger partial charge in [-0.1, -0.05) is 23.4 Å². The van der Waals surface area contributed by atoms with E-state index in [1.807, 2.05) is 18.2 Å². The Morgan fingerprint density at radius 2 is 2.00 bits per heavy atom. The summed E-state index contributed by atoms with van der Waals surface area (Å²) in [6.07, 6.45) is 3.33. The van der Waals surface area contributed by atoms with Gasteiger partial charge in [-0.05, 0) is 12.1 Å². The molecule has 1 fully saturated rings. The molecule has 1 aromatic heterocycles. The van der Waals surface area contributed by atoms with Crippen LogP contribution >= 0.6 is 0 Å². The van der Waals surface area contributed by atoms with E-state index in [4.69, 9.17) is 4.74 Å². The van der Waals surface area contributed by atoms with Gasteiger partial charge in [-0.15, -0.1) is 5.10 Å². The largest absolute Gasteiger partial charge is 0.492 e. The topological polar surface area (TPSA) is 77.3 Å². The van der Waals surface area contributed by atoms with Gasteiger partial charge in [0.15, 0.2) is 0 Å². The van der Waals surface area contributed by atoms with Crippen molar-refractivity contribution in [3.63, 3.8) is 0 Å². The summed E-state index contributed by atoms with van der Waals surface area (Å²) in [5.41, 5.74) is 0. The third-order valence-electron chi connectivity index (χ3n) is 3.39. The first-order valence-electron chi connectivity index (χ1n) is 6.66. The molecule has 8 heteroatoms. The summed E-state index contributed by atoms with van der Waals surface area (Å²) in [4.78, 5) is 0. The van der Waals surface area contributed by atoms with Crippen LogP contribution in [0.4, 0.5) is 0 Å². The van der Waals surface area contributed by atoms with Crippen LogP contribution in [-0.4, -0.2) is 53.2 Å². The normalized spacial score (nSPS) is 16.6. The van der Waals surface area contributed by atoms with Gasteiger partial charge in [0, 0.05) is 19.3 Å². The van der Waals surface area contributed by atoms with Crippen molar-refractivity contribution in [1.82, 2.24) is 19.3 Å². The number of aromatic nitrogens is 3. The van der Waals surface area contributed by atoms with E-state index in [1.165, 1.54) is 4.31 Å². The predicted octanol–water partition coefficient (Wildman–Crippen LogP) is 0.544. The number of benzene rings is 1. The number of para-hydroxylation sites is 1. The molecule has 0 aliphatic carbocycles. The van der Waals surface area contributed by atoms with E-state index in [0.717, 1.165) is 0 Å². The molecule has 3 rings (SSSR count). The second kappa shape index (κ2) is 5.82. The lowest BCUT2D eigenvalue weighted by Gasteiger charge is -2.37. The van der Waals surface area contributed by atoms with Crippen LogP contribution in [0.25, 0.3) is 0 Å². The fraction of sp³-hybridized carbons (Fsp3) is 0.385. The predicted molar refractivity (Wildman–Crippen MR) is 76.4 cm³/mol. The summed E-state index contributed by atoms with van der Waals surface area (Å²) in [6.45, 7) is 1.03. The highest BCUT2D eigenvalue weighted by Crippen LogP contribution is 2.23. The summed E-state index contributed by atoms with van der Waals surface area (Å²) < 4.78 is 32.8. The van der Waals surface area contributed by atoms with Gasteiger partial charge in [0.2, 0.25) is 10.0 Å². The molecule has 1 aliphatic rings. The van der Waals surface area contributed by atoms with Crippen molar-refractivity contribution in [2.24, 2.45) is 0 Å². The lowest BCUT2D eigenvalue weighted by Crippen LogP contribution is -2.51. The Bertz CT molecular complexity index is 667. The van der Waals surface area contributed by atoms with Crippen molar-refractivity contribution >= 4 is 10.0 Å². The standard InChI is InChI=1S/C13H16N4O3S/c18-21(19,9-8-20-13-4-2-1-3-5-13)16-10-12(11-16)17-7-6-14-15-17/h1-7,12H,8-11H2. The number of hydrogen-bond donors (Lipinski definition) is 0. The third-order valence-corrected chi connectivity index (χ3v) is 5.16. The van der Waals surface area contributed by atoms with Gasteiger partial charge in [0.05, 0.1) is 18.0 Å². The first kappa shape index (κ1) is 14.0. The summed E-state index contributed by atoms with van der Waals surface area (Å²) in [6, 6.07) is 9.27. The molecule has 0 bridgehead atoms. The van der Waals surface area contributed by atoms with Crippen molar-refractivity contribution in [2.75, 3.05) is 25.4 Å². The first-order chi connectivity index (χ1) is 10.1. The molecule has 7 nitrogen and oxygen atoms in total. The van der Waals surface area contributed by atoms with Crippen molar-refractivity contribution < 1.29 is 13.2 Å². The smallest absolute Gasteiger partial charge is 0.217 e. The summed E-state index contributed by atoms with van der Waals surface area (Å²) >= 11 is 0. The maximum Gasteiger partial charge on any atom is 0.217 e. The van der Waals surface area contributed by atoms with E-state index in [0.29, 0.717) is 18.8 Å². The number of rotatable bonds is 6. The zero-order chi connectivity index (χ0) is 14.7. The second-order valence-corrected chi connectivity index (χ2v) is 6.92. The minimum absolute atomic E-state index is 0.0219. The van der Waals surface area contributed by atoms with Crippen molar-refractivity contribution in [1.29, 1.82) is 0 Å². The Kier molecular flexibility index (Phi) is 3.89. The molecule has 1 saturated heterocycles. The molecule has 0 N–H and O–H groups in total. The van der Waals surface area contributed by atoms with Gasteiger partial charge in [-0.3, -0.25) is 0 Å². The Balaban J connectivity index is 1.47. The maximum atomic E-state index is 12.1. The molecular formula is C13H16N4O3S. The van der Waals surface area contributed by atoms with Crippen molar-refractivity contribution in [3.8, 4) is 5.75 Å². The van der Waals surface area contributed by atoms with Gasteiger partial charge in [0.1, 0.15) is 12.4 Å². The molecule has 112 valence electrons. The fourth-order valence-electron chi connectivity index (χ4n) is 2.13. The van der Waals surface area contributed by atoms with Gasteiger partial charge < -0.3 is 4.74 Å². The van der Waals surface area contributed by atoms with Gasteiger partial charge in [0.25, 0.3) is 0 Å². The zero-order valence-electron chi connectivity index (χ0n) is 11.4. The molecule has 0 spiro atoms. The monoisotopic (exact) mass is 308 g/mol. The molecule has 0 amide bonds. The van der Waals surface area contributed by atoms with Crippen LogP contribution in [0, 0.1) is 0 Å². The third kappa shape index (κ3) is 3.22. The highest BCUT2D eigenvalue weighted by atomic mass is 32.2. The molecular weight excluding hydrogens is 292 g/mol. The Morgan fingerprint density at radius 1 is 1.24 bits per heavy atom. The minimum atomic E-state index is -3.27. The average Bonchev–Trinajstić information content (AvgIpc) is 2.91. The second-order valence-electron chi connectivity index (χ2n) is 4.83. The van der Waals surface area contributed by atoms with Crippen LogP contribution in [0.5, 0.6) is 5.75 Å². The quantitative estimate of drug-likeness (QED) is 0.778. The summed E-state index contributed by atoms with van der Waals surface area (Å²) in [5, 5.41) is 7.60. The van der Waals surface area contributed by atoms with E-state index in [-0.39, 0.29) is 18.4 Å². The number of nitrogens with zero attached hydrogens (tertiary/aromatic N) is 4. The fourth-order valence-corrected chi connectivity index (χ4v) is 3.48. The van der Waals surface area contributed by atoms with Crippen LogP contribution in [0.2, 0.25) is 0 Å². The molecule has 0 atom stereocenters. The molecule has 21 heavy (non-hydrogen) atoms. The number of ether oxygens (including phenoxy) is 1. The van der Waals surface area contributed by atoms with Gasteiger partial charge in [-0.2, -0.15) is 4.31 Å². The Hall–Kier alpha value is -1.93. The van der Waals surface area contributed by atoms with Crippen LogP contribution in [0.3, 0.4) is 0 Å². The highest BCUT2D eigenvalue weighted by molar-refractivity contribution is 7.89. The van der Waals surface area contributed by atoms with Crippen LogP contribution in [0.1, 0.15) is 6.04 Å². The van der Waals surface area contributed by atoms with Gasteiger partial charge in [-0.25, -0.2) is 13.1 Å². The Labute approximate surface area is 123 Å². The first-order valence-corrected chi connectivity index (χ1v) is 8.27. The van der Waals surface area contributed by atoms with Crippen LogP contribution < -0.4 is 4.74 Å². The van der Waals surface area contributed by atoms with E-state index in [1.54, 1.807) is 29.2 Å². The average molecular weight is 308 g/mol. The summed E-state index contributed by atoms with van der Waals surface area (Å²) in [7, 11) is -3.27. The van der Waals surface area contributed by atoms with E-state index < -0.39 is 10.0 Å². The van der Waals surface area contributed by atoms with Crippen LogP contribution in [-0.2, 0) is 10.0 Å². The maximum absolute atomic E-state index is 12.1. The lowest BCUT2D eigenvalue weighted by atomic mass is 10.2. The Morgan fingerprint density at radius 3 is 2.67 bits per heavy atom. The molecule has 0 saturated carbocycles. The number of sulfonamides is 1. The molecule has 0 radical (unpaired) electrons. The van der Waals surface area contributed by atoms with E-state index >= 15 is 0 Å². The SMILES string of the molecule is O=S(=O)(CCOc1ccccc1)N1CC(n2ccnn2)C1. The van der Waals surface area contributed by atoms with Gasteiger partial charge >= 0.3 is 0 Å². The van der Waals surface area contributed by atoms with Crippen molar-refractivity contribution in [2.45, 2.75) is 6.04 Å². The van der Waals surface area contributed by atoms with E-state index in [2.05, 4.69) is 10.3 Å².